The van der Waals surface area contributed by atoms with Crippen LogP contribution in [0.25, 0.3) is 0 Å². The number of nitrogens with two attached hydrogens (primary N) is 1. The number of carbonyl (C=O) groups excluding carboxylic acids is 1. The Kier molecular flexibility index (Phi) is 5.48. The van der Waals surface area contributed by atoms with Crippen LogP contribution in [0.15, 0.2) is 30.3 Å². The zero-order valence-corrected chi connectivity index (χ0v) is 12.6. The molecule has 0 aliphatic heterocycles. The van der Waals surface area contributed by atoms with E-state index in [-0.39, 0.29) is 16.9 Å². The molecular formula is C15H22N2OS. The van der Waals surface area contributed by atoms with Crippen LogP contribution in [-0.2, 0) is 11.2 Å². The van der Waals surface area contributed by atoms with Crippen molar-refractivity contribution in [2.75, 3.05) is 0 Å². The van der Waals surface area contributed by atoms with Crippen LogP contribution in [0.3, 0.4) is 0 Å². The van der Waals surface area contributed by atoms with E-state index < -0.39 is 5.41 Å². The Balaban J connectivity index is 2.46. The van der Waals surface area contributed by atoms with Crippen LogP contribution in [0.5, 0.6) is 0 Å². The number of thiocarbonyl (C=S) groups is 1. The molecular weight excluding hydrogens is 256 g/mol. The largest absolute Gasteiger partial charge is 0.392 e. The summed E-state index contributed by atoms with van der Waals surface area (Å²) in [5.41, 5.74) is 6.06. The molecule has 0 aliphatic carbocycles. The predicted octanol–water partition coefficient (Wildman–Crippen LogP) is 2.44. The lowest BCUT2D eigenvalue weighted by Crippen LogP contribution is -2.47. The van der Waals surface area contributed by atoms with Crippen molar-refractivity contribution < 1.29 is 4.79 Å². The number of benzene rings is 1. The van der Waals surface area contributed by atoms with E-state index in [4.69, 9.17) is 18.0 Å². The highest BCUT2D eigenvalue weighted by atomic mass is 32.1. The number of amides is 1. The average molecular weight is 278 g/mol. The Labute approximate surface area is 120 Å². The normalized spacial score (nSPS) is 12.8. The van der Waals surface area contributed by atoms with Crippen LogP contribution in [0, 0.1) is 5.41 Å². The number of nitrogens with one attached hydrogen (secondary N) is 1. The molecule has 0 heterocycles. The summed E-state index contributed by atoms with van der Waals surface area (Å²) in [7, 11) is 0. The monoisotopic (exact) mass is 278 g/mol. The SMILES string of the molecule is CC(CCc1ccccc1)NC(=O)C(C)(C)C(N)=S. The lowest BCUT2D eigenvalue weighted by atomic mass is 9.92. The van der Waals surface area contributed by atoms with Gasteiger partial charge in [0.15, 0.2) is 0 Å². The molecule has 0 aromatic heterocycles. The topological polar surface area (TPSA) is 55.1 Å². The van der Waals surface area contributed by atoms with Crippen molar-refractivity contribution in [3.05, 3.63) is 35.9 Å². The Hall–Kier alpha value is -1.42. The second-order valence-corrected chi connectivity index (χ2v) is 5.83. The van der Waals surface area contributed by atoms with Crippen LogP contribution in [-0.4, -0.2) is 16.9 Å². The molecule has 0 saturated heterocycles. The molecule has 1 amide bonds. The lowest BCUT2D eigenvalue weighted by molar-refractivity contribution is -0.126. The first-order valence-corrected chi connectivity index (χ1v) is 6.89. The maximum absolute atomic E-state index is 12.0. The fraction of sp³-hybridized carbons (Fsp3) is 0.467. The van der Waals surface area contributed by atoms with E-state index in [9.17, 15) is 4.79 Å². The van der Waals surface area contributed by atoms with Crippen LogP contribution in [0.1, 0.15) is 32.8 Å². The summed E-state index contributed by atoms with van der Waals surface area (Å²) in [6.07, 6.45) is 1.83. The van der Waals surface area contributed by atoms with E-state index in [1.807, 2.05) is 25.1 Å². The van der Waals surface area contributed by atoms with E-state index >= 15 is 0 Å². The second-order valence-electron chi connectivity index (χ2n) is 5.39. The van der Waals surface area contributed by atoms with E-state index in [0.717, 1.165) is 12.8 Å². The van der Waals surface area contributed by atoms with E-state index in [0.29, 0.717) is 0 Å². The smallest absolute Gasteiger partial charge is 0.232 e. The standard InChI is InChI=1S/C15H22N2OS/c1-11(9-10-12-7-5-4-6-8-12)17-14(18)15(2,3)13(16)19/h4-8,11H,9-10H2,1-3H3,(H2,16,19)(H,17,18). The molecule has 0 spiro atoms. The Morgan fingerprint density at radius 1 is 1.37 bits per heavy atom. The van der Waals surface area contributed by atoms with Gasteiger partial charge in [0.1, 0.15) is 0 Å². The highest BCUT2D eigenvalue weighted by Gasteiger charge is 2.31. The Morgan fingerprint density at radius 2 is 1.95 bits per heavy atom. The molecule has 1 aromatic rings. The third-order valence-corrected chi connectivity index (χ3v) is 3.78. The molecule has 1 atom stereocenters. The summed E-state index contributed by atoms with van der Waals surface area (Å²) in [4.78, 5) is 12.3. The van der Waals surface area contributed by atoms with Crippen molar-refractivity contribution in [1.82, 2.24) is 5.32 Å². The molecule has 0 saturated carbocycles. The number of aryl methyl sites for hydroxylation is 1. The quantitative estimate of drug-likeness (QED) is 0.786. The molecule has 104 valence electrons. The van der Waals surface area contributed by atoms with Crippen molar-refractivity contribution in [3.63, 3.8) is 0 Å². The molecule has 1 rings (SSSR count). The number of hydrogen-bond acceptors (Lipinski definition) is 2. The zero-order valence-electron chi connectivity index (χ0n) is 11.8. The molecule has 0 fully saturated rings. The molecule has 0 radical (unpaired) electrons. The minimum atomic E-state index is -0.795. The van der Waals surface area contributed by atoms with E-state index in [1.165, 1.54) is 5.56 Å². The summed E-state index contributed by atoms with van der Waals surface area (Å²) in [6.45, 7) is 5.49. The zero-order chi connectivity index (χ0) is 14.5. The highest BCUT2D eigenvalue weighted by Crippen LogP contribution is 2.16. The summed E-state index contributed by atoms with van der Waals surface area (Å²) in [5.74, 6) is -0.111. The van der Waals surface area contributed by atoms with Crippen molar-refractivity contribution >= 4 is 23.1 Å². The van der Waals surface area contributed by atoms with Gasteiger partial charge in [-0.2, -0.15) is 0 Å². The van der Waals surface area contributed by atoms with Gasteiger partial charge in [0.2, 0.25) is 5.91 Å². The van der Waals surface area contributed by atoms with Gasteiger partial charge in [-0.25, -0.2) is 0 Å². The molecule has 0 bridgehead atoms. The predicted molar refractivity (Wildman–Crippen MR) is 82.9 cm³/mol. The van der Waals surface area contributed by atoms with Gasteiger partial charge >= 0.3 is 0 Å². The van der Waals surface area contributed by atoms with Crippen molar-refractivity contribution in [2.45, 2.75) is 39.7 Å². The average Bonchev–Trinajstić information content (AvgIpc) is 2.37. The van der Waals surface area contributed by atoms with Crippen LogP contribution in [0.2, 0.25) is 0 Å². The lowest BCUT2D eigenvalue weighted by Gasteiger charge is -2.24. The molecule has 4 heteroatoms. The maximum Gasteiger partial charge on any atom is 0.232 e. The number of carbonyl (C=O) groups is 1. The summed E-state index contributed by atoms with van der Waals surface area (Å²) in [6, 6.07) is 10.3. The molecule has 0 aliphatic rings. The first kappa shape index (κ1) is 15.6. The third kappa shape index (κ3) is 4.63. The van der Waals surface area contributed by atoms with Crippen molar-refractivity contribution in [1.29, 1.82) is 0 Å². The fourth-order valence-corrected chi connectivity index (χ4v) is 1.71. The molecule has 1 aromatic carbocycles. The van der Waals surface area contributed by atoms with Crippen LogP contribution < -0.4 is 11.1 Å². The van der Waals surface area contributed by atoms with Gasteiger partial charge in [0.25, 0.3) is 0 Å². The minimum Gasteiger partial charge on any atom is -0.392 e. The van der Waals surface area contributed by atoms with Gasteiger partial charge in [-0.05, 0) is 39.2 Å². The number of hydrogen-bond donors (Lipinski definition) is 2. The van der Waals surface area contributed by atoms with E-state index in [1.54, 1.807) is 13.8 Å². The van der Waals surface area contributed by atoms with Gasteiger partial charge in [-0.1, -0.05) is 42.5 Å². The van der Waals surface area contributed by atoms with Crippen molar-refractivity contribution in [3.8, 4) is 0 Å². The molecule has 19 heavy (non-hydrogen) atoms. The first-order chi connectivity index (χ1) is 8.84. The molecule has 1 unspecified atom stereocenters. The minimum absolute atomic E-state index is 0.0985. The maximum atomic E-state index is 12.0. The van der Waals surface area contributed by atoms with Gasteiger partial charge in [0, 0.05) is 6.04 Å². The van der Waals surface area contributed by atoms with Gasteiger partial charge in [-0.15, -0.1) is 0 Å². The summed E-state index contributed by atoms with van der Waals surface area (Å²) in [5, 5.41) is 2.97. The van der Waals surface area contributed by atoms with Gasteiger partial charge < -0.3 is 11.1 Å². The highest BCUT2D eigenvalue weighted by molar-refractivity contribution is 7.80. The van der Waals surface area contributed by atoms with Crippen LogP contribution >= 0.6 is 12.2 Å². The van der Waals surface area contributed by atoms with E-state index in [2.05, 4.69) is 17.4 Å². The van der Waals surface area contributed by atoms with Crippen LogP contribution in [0.4, 0.5) is 0 Å². The number of rotatable bonds is 6. The Bertz CT molecular complexity index is 443. The molecule has 3 nitrogen and oxygen atoms in total. The third-order valence-electron chi connectivity index (χ3n) is 3.27. The van der Waals surface area contributed by atoms with Gasteiger partial charge in [-0.3, -0.25) is 4.79 Å². The summed E-state index contributed by atoms with van der Waals surface area (Å²) < 4.78 is 0. The molecule has 3 N–H and O–H groups in total. The fourth-order valence-electron chi connectivity index (χ4n) is 1.62. The Morgan fingerprint density at radius 3 is 2.47 bits per heavy atom. The van der Waals surface area contributed by atoms with Crippen molar-refractivity contribution in [2.24, 2.45) is 11.1 Å². The second kappa shape index (κ2) is 6.66. The summed E-state index contributed by atoms with van der Waals surface area (Å²) >= 11 is 4.92. The van der Waals surface area contributed by atoms with Gasteiger partial charge in [0.05, 0.1) is 10.4 Å². The first-order valence-electron chi connectivity index (χ1n) is 6.49.